The molecule has 3 nitrogen and oxygen atoms in total. The monoisotopic (exact) mass is 254 g/mol. The maximum atomic E-state index is 6.02. The van der Waals surface area contributed by atoms with Gasteiger partial charge in [0, 0.05) is 18.7 Å². The van der Waals surface area contributed by atoms with E-state index in [-0.39, 0.29) is 0 Å². The van der Waals surface area contributed by atoms with Crippen LogP contribution in [0.3, 0.4) is 0 Å². The molecule has 1 aliphatic rings. The number of aromatic nitrogens is 1. The Morgan fingerprint density at radius 2 is 2.05 bits per heavy atom. The van der Waals surface area contributed by atoms with Crippen LogP contribution in [-0.2, 0) is 6.42 Å². The van der Waals surface area contributed by atoms with E-state index in [0.717, 1.165) is 36.7 Å². The number of rotatable bonds is 3. The molecule has 3 heteroatoms. The van der Waals surface area contributed by atoms with Crippen LogP contribution in [0.25, 0.3) is 0 Å². The van der Waals surface area contributed by atoms with Gasteiger partial charge in [-0.1, -0.05) is 25.1 Å². The van der Waals surface area contributed by atoms with Crippen molar-refractivity contribution in [1.29, 1.82) is 0 Å². The van der Waals surface area contributed by atoms with Crippen LogP contribution >= 0.6 is 0 Å². The number of likely N-dealkylation sites (N-methyl/N-ethyl adjacent to an activating group) is 1. The first-order chi connectivity index (χ1) is 9.38. The summed E-state index contributed by atoms with van der Waals surface area (Å²) in [7, 11) is 0. The van der Waals surface area contributed by atoms with E-state index < -0.39 is 0 Å². The number of benzene rings is 1. The SMILES string of the molecule is CCNC[C@H]1Cc2ccccc2Oc2cccnc21. The lowest BCUT2D eigenvalue weighted by atomic mass is 9.95. The predicted molar refractivity (Wildman–Crippen MR) is 75.7 cm³/mol. The van der Waals surface area contributed by atoms with Gasteiger partial charge in [-0.25, -0.2) is 0 Å². The number of hydrogen-bond acceptors (Lipinski definition) is 3. The summed E-state index contributed by atoms with van der Waals surface area (Å²) in [4.78, 5) is 4.53. The van der Waals surface area contributed by atoms with Crippen molar-refractivity contribution in [1.82, 2.24) is 10.3 Å². The topological polar surface area (TPSA) is 34.1 Å². The van der Waals surface area contributed by atoms with Gasteiger partial charge in [0.2, 0.25) is 0 Å². The Bertz CT molecular complexity index is 568. The van der Waals surface area contributed by atoms with Gasteiger partial charge in [0.15, 0.2) is 0 Å². The molecule has 0 bridgehead atoms. The van der Waals surface area contributed by atoms with Crippen LogP contribution in [0.1, 0.15) is 24.1 Å². The summed E-state index contributed by atoms with van der Waals surface area (Å²) in [5.41, 5.74) is 2.31. The third kappa shape index (κ3) is 2.47. The minimum atomic E-state index is 0.361. The fraction of sp³-hybridized carbons (Fsp3) is 0.312. The summed E-state index contributed by atoms with van der Waals surface area (Å²) in [6.45, 7) is 4.03. The molecule has 0 saturated carbocycles. The molecule has 0 saturated heterocycles. The molecule has 1 aliphatic heterocycles. The van der Waals surface area contributed by atoms with E-state index in [0.29, 0.717) is 5.92 Å². The van der Waals surface area contributed by atoms with Crippen LogP contribution in [0.4, 0.5) is 0 Å². The second kappa shape index (κ2) is 5.41. The van der Waals surface area contributed by atoms with Gasteiger partial charge >= 0.3 is 0 Å². The highest BCUT2D eigenvalue weighted by atomic mass is 16.5. The first-order valence-electron chi connectivity index (χ1n) is 6.80. The second-order valence-corrected chi connectivity index (χ2v) is 4.81. The first kappa shape index (κ1) is 12.2. The molecule has 0 amide bonds. The molecule has 0 spiro atoms. The number of pyridine rings is 1. The van der Waals surface area contributed by atoms with Crippen molar-refractivity contribution in [3.05, 3.63) is 53.9 Å². The first-order valence-corrected chi connectivity index (χ1v) is 6.80. The minimum Gasteiger partial charge on any atom is -0.455 e. The largest absolute Gasteiger partial charge is 0.455 e. The summed E-state index contributed by atoms with van der Waals surface area (Å²) in [5, 5.41) is 3.42. The molecule has 0 aliphatic carbocycles. The standard InChI is InChI=1S/C16H18N2O/c1-2-17-11-13-10-12-6-3-4-7-14(12)19-15-8-5-9-18-16(13)15/h3-9,13,17H,2,10-11H2,1H3/t13-/m1/s1. The van der Waals surface area contributed by atoms with Crippen molar-refractivity contribution in [2.24, 2.45) is 0 Å². The highest BCUT2D eigenvalue weighted by Gasteiger charge is 2.23. The summed E-state index contributed by atoms with van der Waals surface area (Å²) in [6.07, 6.45) is 2.81. The molecule has 98 valence electrons. The van der Waals surface area contributed by atoms with Crippen LogP contribution in [0, 0.1) is 0 Å². The quantitative estimate of drug-likeness (QED) is 0.913. The van der Waals surface area contributed by atoms with Crippen LogP contribution in [0.5, 0.6) is 11.5 Å². The zero-order chi connectivity index (χ0) is 13.1. The average molecular weight is 254 g/mol. The van der Waals surface area contributed by atoms with Gasteiger partial charge in [-0.2, -0.15) is 0 Å². The van der Waals surface area contributed by atoms with Gasteiger partial charge in [0.05, 0.1) is 5.69 Å². The van der Waals surface area contributed by atoms with E-state index in [4.69, 9.17) is 4.74 Å². The summed E-state index contributed by atoms with van der Waals surface area (Å²) < 4.78 is 6.02. The van der Waals surface area contributed by atoms with Gasteiger partial charge in [0.25, 0.3) is 0 Å². The van der Waals surface area contributed by atoms with Crippen LogP contribution in [0.2, 0.25) is 0 Å². The Morgan fingerprint density at radius 1 is 1.21 bits per heavy atom. The normalized spacial score (nSPS) is 17.0. The Morgan fingerprint density at radius 3 is 2.95 bits per heavy atom. The van der Waals surface area contributed by atoms with Crippen molar-refractivity contribution in [2.45, 2.75) is 19.3 Å². The molecule has 2 heterocycles. The Kier molecular flexibility index (Phi) is 3.47. The molecule has 1 N–H and O–H groups in total. The fourth-order valence-electron chi connectivity index (χ4n) is 2.54. The van der Waals surface area contributed by atoms with Crippen LogP contribution < -0.4 is 10.1 Å². The summed E-state index contributed by atoms with van der Waals surface area (Å²) in [6, 6.07) is 12.2. The van der Waals surface area contributed by atoms with E-state index in [1.807, 2.05) is 30.5 Å². The molecule has 0 unspecified atom stereocenters. The maximum absolute atomic E-state index is 6.02. The smallest absolute Gasteiger partial charge is 0.149 e. The molecule has 19 heavy (non-hydrogen) atoms. The van der Waals surface area contributed by atoms with Crippen molar-refractivity contribution in [2.75, 3.05) is 13.1 Å². The van der Waals surface area contributed by atoms with Crippen LogP contribution in [0.15, 0.2) is 42.6 Å². The van der Waals surface area contributed by atoms with Gasteiger partial charge in [0.1, 0.15) is 11.5 Å². The maximum Gasteiger partial charge on any atom is 0.149 e. The van der Waals surface area contributed by atoms with Gasteiger partial charge < -0.3 is 10.1 Å². The number of ether oxygens (including phenoxy) is 1. The van der Waals surface area contributed by atoms with Crippen molar-refractivity contribution < 1.29 is 4.74 Å². The highest BCUT2D eigenvalue weighted by Crippen LogP contribution is 2.37. The molecule has 0 fully saturated rings. The zero-order valence-corrected chi connectivity index (χ0v) is 11.1. The Labute approximate surface area is 113 Å². The van der Waals surface area contributed by atoms with Gasteiger partial charge in [-0.05, 0) is 36.7 Å². The third-order valence-electron chi connectivity index (χ3n) is 3.49. The predicted octanol–water partition coefficient (Wildman–Crippen LogP) is 3.12. The van der Waals surface area contributed by atoms with Crippen molar-refractivity contribution in [3.63, 3.8) is 0 Å². The number of nitrogens with zero attached hydrogens (tertiary/aromatic N) is 1. The molecule has 1 atom stereocenters. The van der Waals surface area contributed by atoms with Crippen molar-refractivity contribution in [3.8, 4) is 11.5 Å². The molecule has 0 radical (unpaired) electrons. The zero-order valence-electron chi connectivity index (χ0n) is 11.1. The van der Waals surface area contributed by atoms with E-state index in [2.05, 4.69) is 29.4 Å². The third-order valence-corrected chi connectivity index (χ3v) is 3.49. The lowest BCUT2D eigenvalue weighted by Gasteiger charge is -2.15. The highest BCUT2D eigenvalue weighted by molar-refractivity contribution is 5.44. The Hall–Kier alpha value is -1.87. The average Bonchev–Trinajstić information content (AvgIpc) is 2.61. The van der Waals surface area contributed by atoms with Crippen molar-refractivity contribution >= 4 is 0 Å². The molecule has 3 rings (SSSR count). The van der Waals surface area contributed by atoms with E-state index in [1.165, 1.54) is 5.56 Å². The fourth-order valence-corrected chi connectivity index (χ4v) is 2.54. The molecular formula is C16H18N2O. The van der Waals surface area contributed by atoms with E-state index in [9.17, 15) is 0 Å². The molecular weight excluding hydrogens is 236 g/mol. The number of hydrogen-bond donors (Lipinski definition) is 1. The molecule has 2 aromatic rings. The Balaban J connectivity index is 2.01. The molecule has 1 aromatic carbocycles. The number of para-hydroxylation sites is 1. The summed E-state index contributed by atoms with van der Waals surface area (Å²) >= 11 is 0. The molecule has 1 aromatic heterocycles. The number of fused-ring (bicyclic) bond motifs is 2. The minimum absolute atomic E-state index is 0.361. The van der Waals surface area contributed by atoms with Gasteiger partial charge in [-0.3, -0.25) is 4.98 Å². The number of nitrogens with one attached hydrogen (secondary N) is 1. The second-order valence-electron chi connectivity index (χ2n) is 4.81. The van der Waals surface area contributed by atoms with E-state index >= 15 is 0 Å². The van der Waals surface area contributed by atoms with Gasteiger partial charge in [-0.15, -0.1) is 0 Å². The lowest BCUT2D eigenvalue weighted by molar-refractivity contribution is 0.473. The van der Waals surface area contributed by atoms with Crippen LogP contribution in [-0.4, -0.2) is 18.1 Å². The summed E-state index contributed by atoms with van der Waals surface area (Å²) in [5.74, 6) is 2.20. The van der Waals surface area contributed by atoms with E-state index in [1.54, 1.807) is 0 Å². The lowest BCUT2D eigenvalue weighted by Crippen LogP contribution is -2.23.